The van der Waals surface area contributed by atoms with Crippen molar-refractivity contribution in [3.05, 3.63) is 81.1 Å². The molecule has 0 aliphatic heterocycles. The van der Waals surface area contributed by atoms with Gasteiger partial charge in [0.25, 0.3) is 5.91 Å². The van der Waals surface area contributed by atoms with Gasteiger partial charge in [0.05, 0.1) is 6.54 Å². The molecule has 1 fully saturated rings. The standard InChI is InChI=1S/C23H23FN4OS/c24-17-8-5-15(6-9-17)13-25-22(29)23-27-26-21(30-23)14-28(18-10-11-18)20-12-7-16-3-1-2-4-19(16)20/h1-6,8-9,18,20H,7,10-14H2,(H,25,29). The molecule has 1 saturated carbocycles. The lowest BCUT2D eigenvalue weighted by molar-refractivity contribution is 0.0950. The lowest BCUT2D eigenvalue weighted by Gasteiger charge is -2.28. The maximum absolute atomic E-state index is 13.0. The summed E-state index contributed by atoms with van der Waals surface area (Å²) in [5.74, 6) is -0.531. The fourth-order valence-corrected chi connectivity index (χ4v) is 4.97. The number of nitrogens with zero attached hydrogens (tertiary/aromatic N) is 3. The first-order valence-corrected chi connectivity index (χ1v) is 11.2. The Hall–Kier alpha value is -2.64. The second-order valence-electron chi connectivity index (χ2n) is 7.97. The van der Waals surface area contributed by atoms with Gasteiger partial charge in [0.15, 0.2) is 0 Å². The molecular formula is C23H23FN4OS. The van der Waals surface area contributed by atoms with Gasteiger partial charge in [-0.05, 0) is 54.5 Å². The number of hydrogen-bond acceptors (Lipinski definition) is 5. The van der Waals surface area contributed by atoms with Gasteiger partial charge in [0.1, 0.15) is 10.8 Å². The van der Waals surface area contributed by atoms with Gasteiger partial charge in [0.2, 0.25) is 5.01 Å². The van der Waals surface area contributed by atoms with Crippen molar-refractivity contribution in [2.45, 2.75) is 50.9 Å². The molecule has 1 atom stereocenters. The van der Waals surface area contributed by atoms with E-state index in [-0.39, 0.29) is 11.7 Å². The highest BCUT2D eigenvalue weighted by Crippen LogP contribution is 2.42. The van der Waals surface area contributed by atoms with Crippen molar-refractivity contribution in [2.75, 3.05) is 0 Å². The van der Waals surface area contributed by atoms with Crippen LogP contribution in [0.2, 0.25) is 0 Å². The van der Waals surface area contributed by atoms with E-state index in [1.54, 1.807) is 12.1 Å². The Bertz CT molecular complexity index is 1050. The van der Waals surface area contributed by atoms with Crippen molar-refractivity contribution in [2.24, 2.45) is 0 Å². The first kappa shape index (κ1) is 19.3. The molecule has 3 aromatic rings. The number of aromatic nitrogens is 2. The molecule has 1 aromatic heterocycles. The zero-order valence-electron chi connectivity index (χ0n) is 16.6. The Morgan fingerprint density at radius 1 is 1.10 bits per heavy atom. The van der Waals surface area contributed by atoms with Crippen LogP contribution in [0.3, 0.4) is 0 Å². The van der Waals surface area contributed by atoms with Crippen LogP contribution in [0.1, 0.15) is 56.8 Å². The molecule has 154 valence electrons. The van der Waals surface area contributed by atoms with Crippen LogP contribution in [0.4, 0.5) is 4.39 Å². The molecule has 0 saturated heterocycles. The highest BCUT2D eigenvalue weighted by atomic mass is 32.1. The highest BCUT2D eigenvalue weighted by Gasteiger charge is 2.38. The predicted molar refractivity (Wildman–Crippen MR) is 114 cm³/mol. The van der Waals surface area contributed by atoms with E-state index in [9.17, 15) is 9.18 Å². The van der Waals surface area contributed by atoms with E-state index in [0.29, 0.717) is 23.6 Å². The van der Waals surface area contributed by atoms with E-state index in [4.69, 9.17) is 0 Å². The summed E-state index contributed by atoms with van der Waals surface area (Å²) in [6.45, 7) is 1.06. The third-order valence-electron chi connectivity index (χ3n) is 5.86. The highest BCUT2D eigenvalue weighted by molar-refractivity contribution is 7.13. The van der Waals surface area contributed by atoms with Crippen LogP contribution in [0, 0.1) is 5.82 Å². The lowest BCUT2D eigenvalue weighted by Crippen LogP contribution is -2.29. The molecule has 0 spiro atoms. The Kier molecular flexibility index (Phi) is 5.31. The van der Waals surface area contributed by atoms with E-state index < -0.39 is 0 Å². The summed E-state index contributed by atoms with van der Waals surface area (Å²) < 4.78 is 13.0. The number of hydrogen-bond donors (Lipinski definition) is 1. The Balaban J connectivity index is 1.24. The third-order valence-corrected chi connectivity index (χ3v) is 6.77. The van der Waals surface area contributed by atoms with E-state index >= 15 is 0 Å². The van der Waals surface area contributed by atoms with Gasteiger partial charge in [0, 0.05) is 18.6 Å². The SMILES string of the molecule is O=C(NCc1ccc(F)cc1)c1nnc(CN(C2CC2)C2CCc3ccccc32)s1. The zero-order chi connectivity index (χ0) is 20.5. The van der Waals surface area contributed by atoms with Gasteiger partial charge in [-0.1, -0.05) is 47.7 Å². The maximum atomic E-state index is 13.0. The minimum atomic E-state index is -0.288. The first-order chi connectivity index (χ1) is 14.7. The minimum Gasteiger partial charge on any atom is -0.346 e. The van der Waals surface area contributed by atoms with Crippen molar-refractivity contribution in [1.82, 2.24) is 20.4 Å². The van der Waals surface area contributed by atoms with Gasteiger partial charge in [-0.2, -0.15) is 0 Å². The Morgan fingerprint density at radius 3 is 2.70 bits per heavy atom. The van der Waals surface area contributed by atoms with Crippen LogP contribution in [0.15, 0.2) is 48.5 Å². The van der Waals surface area contributed by atoms with Gasteiger partial charge in [-0.3, -0.25) is 9.69 Å². The van der Waals surface area contributed by atoms with Crippen LogP contribution in [-0.4, -0.2) is 27.0 Å². The minimum absolute atomic E-state index is 0.243. The van der Waals surface area contributed by atoms with Gasteiger partial charge in [-0.25, -0.2) is 4.39 Å². The predicted octanol–water partition coefficient (Wildman–Crippen LogP) is 4.26. The average molecular weight is 423 g/mol. The molecule has 2 aliphatic rings. The third kappa shape index (κ3) is 4.13. The average Bonchev–Trinajstić information content (AvgIpc) is 3.35. The summed E-state index contributed by atoms with van der Waals surface area (Å²) in [6, 6.07) is 15.8. The number of carbonyl (C=O) groups is 1. The molecule has 2 aliphatic carbocycles. The van der Waals surface area contributed by atoms with Gasteiger partial charge in [-0.15, -0.1) is 10.2 Å². The number of rotatable bonds is 7. The lowest BCUT2D eigenvalue weighted by atomic mass is 10.1. The quantitative estimate of drug-likeness (QED) is 0.618. The molecule has 0 bridgehead atoms. The summed E-state index contributed by atoms with van der Waals surface area (Å²) >= 11 is 1.36. The van der Waals surface area contributed by atoms with Crippen molar-refractivity contribution in [1.29, 1.82) is 0 Å². The second kappa shape index (κ2) is 8.24. The molecule has 7 heteroatoms. The van der Waals surface area contributed by atoms with Crippen LogP contribution >= 0.6 is 11.3 Å². The summed E-state index contributed by atoms with van der Waals surface area (Å²) in [5.41, 5.74) is 3.73. The molecular weight excluding hydrogens is 399 g/mol. The number of carbonyl (C=O) groups excluding carboxylic acids is 1. The summed E-state index contributed by atoms with van der Waals surface area (Å²) in [7, 11) is 0. The molecule has 30 heavy (non-hydrogen) atoms. The molecule has 1 amide bonds. The normalized spacial score (nSPS) is 17.9. The van der Waals surface area contributed by atoms with Crippen molar-refractivity contribution >= 4 is 17.2 Å². The summed E-state index contributed by atoms with van der Waals surface area (Å²) in [4.78, 5) is 15.0. The molecule has 2 aromatic carbocycles. The van der Waals surface area contributed by atoms with Crippen LogP contribution in [0.5, 0.6) is 0 Å². The van der Waals surface area contributed by atoms with Crippen molar-refractivity contribution in [3.8, 4) is 0 Å². The summed E-state index contributed by atoms with van der Waals surface area (Å²) in [5, 5.41) is 12.5. The fraction of sp³-hybridized carbons (Fsp3) is 0.348. The summed E-state index contributed by atoms with van der Waals surface area (Å²) in [6.07, 6.45) is 4.71. The van der Waals surface area contributed by atoms with E-state index in [2.05, 4.69) is 44.7 Å². The topological polar surface area (TPSA) is 58.1 Å². The number of halogens is 1. The van der Waals surface area contributed by atoms with Gasteiger partial charge < -0.3 is 5.32 Å². The van der Waals surface area contributed by atoms with Crippen LogP contribution in [-0.2, 0) is 19.5 Å². The Labute approximate surface area is 179 Å². The number of benzene rings is 2. The zero-order valence-corrected chi connectivity index (χ0v) is 17.4. The molecule has 1 unspecified atom stereocenters. The second-order valence-corrected chi connectivity index (χ2v) is 9.03. The largest absolute Gasteiger partial charge is 0.346 e. The number of nitrogens with one attached hydrogen (secondary N) is 1. The molecule has 5 rings (SSSR count). The van der Waals surface area contributed by atoms with Crippen LogP contribution in [0.25, 0.3) is 0 Å². The van der Waals surface area contributed by atoms with Gasteiger partial charge >= 0.3 is 0 Å². The van der Waals surface area contributed by atoms with Crippen molar-refractivity contribution in [3.63, 3.8) is 0 Å². The molecule has 1 heterocycles. The van der Waals surface area contributed by atoms with Crippen LogP contribution < -0.4 is 5.32 Å². The molecule has 5 nitrogen and oxygen atoms in total. The Morgan fingerprint density at radius 2 is 1.90 bits per heavy atom. The fourth-order valence-electron chi connectivity index (χ4n) is 4.20. The van der Waals surface area contributed by atoms with Crippen molar-refractivity contribution < 1.29 is 9.18 Å². The van der Waals surface area contributed by atoms with E-state index in [0.717, 1.165) is 30.0 Å². The van der Waals surface area contributed by atoms with E-state index in [1.165, 1.54) is 47.4 Å². The van der Waals surface area contributed by atoms with E-state index in [1.807, 2.05) is 0 Å². The molecule has 1 N–H and O–H groups in total. The smallest absolute Gasteiger partial charge is 0.282 e. The maximum Gasteiger partial charge on any atom is 0.282 e. The monoisotopic (exact) mass is 422 g/mol. The first-order valence-electron chi connectivity index (χ1n) is 10.4. The number of amides is 1. The molecule has 0 radical (unpaired) electrons. The number of aryl methyl sites for hydroxylation is 1. The number of fused-ring (bicyclic) bond motifs is 1.